The number of carbonyl (C=O) groups excluding carboxylic acids is 2. The van der Waals surface area contributed by atoms with Gasteiger partial charge in [-0.25, -0.2) is 9.97 Å². The molecule has 0 unspecified atom stereocenters. The molecule has 0 radical (unpaired) electrons. The first-order valence-electron chi connectivity index (χ1n) is 8.97. The van der Waals surface area contributed by atoms with Crippen molar-refractivity contribution in [2.24, 2.45) is 0 Å². The number of thiazole rings is 1. The number of halogens is 3. The van der Waals surface area contributed by atoms with Gasteiger partial charge in [-0.2, -0.15) is 13.2 Å². The molecule has 0 spiro atoms. The first kappa shape index (κ1) is 23.4. The SMILES string of the molecule is O=C(CSCC(=O)Nc1ccccn1)Nc1ccc2nc(SCCC(F)(F)F)sc2c1. The third kappa shape index (κ3) is 8.04. The maximum atomic E-state index is 12.3. The molecule has 0 saturated heterocycles. The molecule has 0 atom stereocenters. The van der Waals surface area contributed by atoms with Crippen molar-refractivity contribution in [2.45, 2.75) is 16.9 Å². The lowest BCUT2D eigenvalue weighted by molar-refractivity contribution is -0.129. The van der Waals surface area contributed by atoms with E-state index in [9.17, 15) is 22.8 Å². The number of nitrogens with zero attached hydrogens (tertiary/aromatic N) is 2. The van der Waals surface area contributed by atoms with E-state index in [2.05, 4.69) is 20.6 Å². The standard InChI is InChI=1S/C19H17F3N4O2S3/c20-19(21,22)6-8-30-18-25-13-5-4-12(9-14(13)31-18)24-16(27)10-29-11-17(28)26-15-3-1-2-7-23-15/h1-5,7,9H,6,8,10-11H2,(H,24,27)(H,23,26,28). The molecule has 12 heteroatoms. The highest BCUT2D eigenvalue weighted by atomic mass is 32.2. The van der Waals surface area contributed by atoms with Crippen molar-refractivity contribution in [3.8, 4) is 0 Å². The first-order chi connectivity index (χ1) is 14.8. The molecule has 3 aromatic rings. The summed E-state index contributed by atoms with van der Waals surface area (Å²) in [6.07, 6.45) is -3.48. The highest BCUT2D eigenvalue weighted by molar-refractivity contribution is 8.01. The van der Waals surface area contributed by atoms with Crippen LogP contribution in [0.5, 0.6) is 0 Å². The highest BCUT2D eigenvalue weighted by Crippen LogP contribution is 2.33. The molecule has 31 heavy (non-hydrogen) atoms. The molecule has 6 nitrogen and oxygen atoms in total. The molecule has 1 aromatic carbocycles. The van der Waals surface area contributed by atoms with Crippen LogP contribution in [0.25, 0.3) is 10.2 Å². The molecule has 2 heterocycles. The summed E-state index contributed by atoms with van der Waals surface area (Å²) in [4.78, 5) is 32.3. The van der Waals surface area contributed by atoms with Gasteiger partial charge in [0.15, 0.2) is 4.34 Å². The number of hydrogen-bond acceptors (Lipinski definition) is 7. The summed E-state index contributed by atoms with van der Waals surface area (Å²) >= 11 is 3.51. The molecule has 0 fully saturated rings. The minimum absolute atomic E-state index is 0.0853. The van der Waals surface area contributed by atoms with Crippen LogP contribution in [0.15, 0.2) is 46.9 Å². The Bertz CT molecular complexity index is 1040. The van der Waals surface area contributed by atoms with E-state index in [0.717, 1.165) is 16.5 Å². The van der Waals surface area contributed by atoms with Crippen molar-refractivity contribution < 1.29 is 22.8 Å². The van der Waals surface area contributed by atoms with Crippen LogP contribution in [-0.4, -0.2) is 45.2 Å². The van der Waals surface area contributed by atoms with Gasteiger partial charge in [0.25, 0.3) is 0 Å². The fraction of sp³-hybridized carbons (Fsp3) is 0.263. The number of nitrogens with one attached hydrogen (secondary N) is 2. The number of amides is 2. The van der Waals surface area contributed by atoms with Crippen molar-refractivity contribution >= 4 is 68.4 Å². The van der Waals surface area contributed by atoms with Crippen LogP contribution < -0.4 is 10.6 Å². The number of pyridine rings is 1. The Morgan fingerprint density at radius 2 is 1.84 bits per heavy atom. The Morgan fingerprint density at radius 1 is 1.06 bits per heavy atom. The van der Waals surface area contributed by atoms with Crippen molar-refractivity contribution in [3.05, 3.63) is 42.6 Å². The average molecular weight is 487 g/mol. The zero-order chi connectivity index (χ0) is 22.3. The zero-order valence-corrected chi connectivity index (χ0v) is 18.4. The van der Waals surface area contributed by atoms with E-state index in [1.165, 1.54) is 23.1 Å². The summed E-state index contributed by atoms with van der Waals surface area (Å²) in [5.41, 5.74) is 1.23. The van der Waals surface area contributed by atoms with E-state index in [1.54, 1.807) is 42.6 Å². The third-order valence-electron chi connectivity index (χ3n) is 3.66. The van der Waals surface area contributed by atoms with Gasteiger partial charge in [-0.3, -0.25) is 9.59 Å². The predicted molar refractivity (Wildman–Crippen MR) is 120 cm³/mol. The summed E-state index contributed by atoms with van der Waals surface area (Å²) in [5, 5.41) is 5.39. The van der Waals surface area contributed by atoms with Crippen LogP contribution >= 0.6 is 34.9 Å². The van der Waals surface area contributed by atoms with Crippen molar-refractivity contribution in [1.82, 2.24) is 9.97 Å². The van der Waals surface area contributed by atoms with E-state index < -0.39 is 12.6 Å². The number of benzene rings is 1. The van der Waals surface area contributed by atoms with Gasteiger partial charge >= 0.3 is 6.18 Å². The Balaban J connectivity index is 1.45. The summed E-state index contributed by atoms with van der Waals surface area (Å²) in [6, 6.07) is 10.3. The summed E-state index contributed by atoms with van der Waals surface area (Å²) in [5.74, 6) is 0.0485. The number of aromatic nitrogens is 2. The topological polar surface area (TPSA) is 84.0 Å². The molecule has 0 aliphatic carbocycles. The zero-order valence-electron chi connectivity index (χ0n) is 15.9. The van der Waals surface area contributed by atoms with Gasteiger partial charge < -0.3 is 10.6 Å². The van der Waals surface area contributed by atoms with Crippen LogP contribution in [-0.2, 0) is 9.59 Å². The molecule has 2 N–H and O–H groups in total. The van der Waals surface area contributed by atoms with E-state index in [0.29, 0.717) is 21.4 Å². The fourth-order valence-electron chi connectivity index (χ4n) is 2.35. The third-order valence-corrected chi connectivity index (χ3v) is 6.76. The maximum absolute atomic E-state index is 12.3. The number of alkyl halides is 3. The van der Waals surface area contributed by atoms with E-state index in [4.69, 9.17) is 0 Å². The van der Waals surface area contributed by atoms with Crippen LogP contribution in [0.4, 0.5) is 24.7 Å². The van der Waals surface area contributed by atoms with Crippen LogP contribution in [0.2, 0.25) is 0 Å². The minimum Gasteiger partial charge on any atom is -0.325 e. The normalized spacial score (nSPS) is 11.5. The Labute approximate surface area is 188 Å². The molecule has 2 aromatic heterocycles. The smallest absolute Gasteiger partial charge is 0.325 e. The summed E-state index contributed by atoms with van der Waals surface area (Å²) < 4.78 is 38.1. The Kier molecular flexibility index (Phi) is 8.15. The molecule has 0 bridgehead atoms. The number of fused-ring (bicyclic) bond motifs is 1. The van der Waals surface area contributed by atoms with E-state index in [-0.39, 0.29) is 29.1 Å². The van der Waals surface area contributed by atoms with Gasteiger partial charge in [-0.05, 0) is 30.3 Å². The summed E-state index contributed by atoms with van der Waals surface area (Å²) in [7, 11) is 0. The second-order valence-corrected chi connectivity index (χ2v) is 9.54. The van der Waals surface area contributed by atoms with Crippen LogP contribution in [0, 0.1) is 0 Å². The van der Waals surface area contributed by atoms with Gasteiger partial charge in [0.2, 0.25) is 11.8 Å². The second-order valence-electron chi connectivity index (χ2n) is 6.18. The first-order valence-corrected chi connectivity index (χ1v) is 11.9. The molecular weight excluding hydrogens is 469 g/mol. The second kappa shape index (κ2) is 10.8. The van der Waals surface area contributed by atoms with Crippen molar-refractivity contribution in [1.29, 1.82) is 0 Å². The number of anilines is 2. The van der Waals surface area contributed by atoms with Gasteiger partial charge in [-0.1, -0.05) is 17.8 Å². The van der Waals surface area contributed by atoms with Crippen molar-refractivity contribution in [3.63, 3.8) is 0 Å². The predicted octanol–water partition coefficient (Wildman–Crippen LogP) is 5.05. The molecule has 2 amide bonds. The Hall–Kier alpha value is -2.31. The van der Waals surface area contributed by atoms with Crippen LogP contribution in [0.1, 0.15) is 6.42 Å². The van der Waals surface area contributed by atoms with Crippen molar-refractivity contribution in [2.75, 3.05) is 27.9 Å². The summed E-state index contributed by atoms with van der Waals surface area (Å²) in [6.45, 7) is 0. The number of carbonyl (C=O) groups is 2. The Morgan fingerprint density at radius 3 is 2.55 bits per heavy atom. The largest absolute Gasteiger partial charge is 0.389 e. The van der Waals surface area contributed by atoms with Gasteiger partial charge in [0, 0.05) is 17.6 Å². The molecular formula is C19H17F3N4O2S3. The molecule has 3 rings (SSSR count). The fourth-order valence-corrected chi connectivity index (χ4v) is 5.13. The minimum atomic E-state index is -4.18. The van der Waals surface area contributed by atoms with E-state index in [1.807, 2.05) is 0 Å². The number of thioether (sulfide) groups is 2. The molecule has 0 aliphatic heterocycles. The highest BCUT2D eigenvalue weighted by Gasteiger charge is 2.26. The van der Waals surface area contributed by atoms with E-state index >= 15 is 0 Å². The average Bonchev–Trinajstić information content (AvgIpc) is 3.09. The number of hydrogen-bond donors (Lipinski definition) is 2. The lowest BCUT2D eigenvalue weighted by Crippen LogP contribution is -2.18. The van der Waals surface area contributed by atoms with Gasteiger partial charge in [0.1, 0.15) is 5.82 Å². The lowest BCUT2D eigenvalue weighted by Gasteiger charge is -2.06. The monoisotopic (exact) mass is 486 g/mol. The lowest BCUT2D eigenvalue weighted by atomic mass is 10.3. The maximum Gasteiger partial charge on any atom is 0.389 e. The van der Waals surface area contributed by atoms with Gasteiger partial charge in [-0.15, -0.1) is 23.1 Å². The van der Waals surface area contributed by atoms with Crippen LogP contribution in [0.3, 0.4) is 0 Å². The molecule has 0 saturated carbocycles. The van der Waals surface area contributed by atoms with Gasteiger partial charge in [0.05, 0.1) is 28.1 Å². The molecule has 0 aliphatic rings. The molecule has 164 valence electrons. The quantitative estimate of drug-likeness (QED) is 0.412. The number of rotatable bonds is 9.